The largest absolute Gasteiger partial charge is 0.385 e. The van der Waals surface area contributed by atoms with Gasteiger partial charge in [0, 0.05) is 18.3 Å². The molecule has 0 aromatic carbocycles. The molecule has 0 radical (unpaired) electrons. The Morgan fingerprint density at radius 2 is 2.13 bits per heavy atom. The molecule has 15 heavy (non-hydrogen) atoms. The van der Waals surface area contributed by atoms with Crippen LogP contribution in [-0.4, -0.2) is 22.2 Å². The van der Waals surface area contributed by atoms with E-state index in [1.54, 1.807) is 6.20 Å². The predicted molar refractivity (Wildman–Crippen MR) is 61.7 cm³/mol. The third kappa shape index (κ3) is 3.98. The summed E-state index contributed by atoms with van der Waals surface area (Å²) in [5.74, 6) is 0. The van der Waals surface area contributed by atoms with Crippen LogP contribution >= 0.6 is 0 Å². The fourth-order valence-corrected chi connectivity index (χ4v) is 1.35. The summed E-state index contributed by atoms with van der Waals surface area (Å²) in [6.45, 7) is 8.71. The standard InChI is InChI=1S/C12H20N2O/c1-9-6-5-7-13-11(9)10(15)8-14-12(2,3)4/h5-7,10,14-15H,8H2,1-4H3/t10-/m0/s1. The molecule has 0 amide bonds. The minimum atomic E-state index is -0.537. The minimum Gasteiger partial charge on any atom is -0.385 e. The number of β-amino-alcohol motifs (C(OH)–C–C–N with tert-alkyl or cyclic N) is 1. The van der Waals surface area contributed by atoms with Gasteiger partial charge in [-0.25, -0.2) is 0 Å². The van der Waals surface area contributed by atoms with Crippen LogP contribution in [0.25, 0.3) is 0 Å². The van der Waals surface area contributed by atoms with Gasteiger partial charge in [0.15, 0.2) is 0 Å². The number of pyridine rings is 1. The maximum atomic E-state index is 9.94. The molecule has 0 aliphatic rings. The number of hydrogen-bond acceptors (Lipinski definition) is 3. The molecule has 0 aliphatic carbocycles. The van der Waals surface area contributed by atoms with Crippen molar-refractivity contribution in [2.75, 3.05) is 6.54 Å². The second kappa shape index (κ2) is 4.73. The van der Waals surface area contributed by atoms with Crippen molar-refractivity contribution in [3.8, 4) is 0 Å². The number of rotatable bonds is 3. The Kier molecular flexibility index (Phi) is 3.83. The third-order valence-corrected chi connectivity index (χ3v) is 2.19. The van der Waals surface area contributed by atoms with E-state index >= 15 is 0 Å². The van der Waals surface area contributed by atoms with Crippen LogP contribution in [0.5, 0.6) is 0 Å². The number of nitrogens with one attached hydrogen (secondary N) is 1. The summed E-state index contributed by atoms with van der Waals surface area (Å²) in [6.07, 6.45) is 1.17. The first-order valence-corrected chi connectivity index (χ1v) is 5.25. The van der Waals surface area contributed by atoms with E-state index in [4.69, 9.17) is 0 Å². The van der Waals surface area contributed by atoms with Crippen molar-refractivity contribution in [1.29, 1.82) is 0 Å². The summed E-state index contributed by atoms with van der Waals surface area (Å²) < 4.78 is 0. The van der Waals surface area contributed by atoms with Crippen LogP contribution in [0, 0.1) is 6.92 Å². The second-order valence-electron chi connectivity index (χ2n) is 4.85. The number of aromatic nitrogens is 1. The zero-order valence-electron chi connectivity index (χ0n) is 9.91. The van der Waals surface area contributed by atoms with Crippen molar-refractivity contribution in [1.82, 2.24) is 10.3 Å². The average molecular weight is 208 g/mol. The van der Waals surface area contributed by atoms with Crippen molar-refractivity contribution in [2.24, 2.45) is 0 Å². The first-order chi connectivity index (χ1) is 6.90. The number of hydrogen-bond donors (Lipinski definition) is 2. The van der Waals surface area contributed by atoms with Gasteiger partial charge >= 0.3 is 0 Å². The lowest BCUT2D eigenvalue weighted by Crippen LogP contribution is -2.38. The molecule has 1 aromatic heterocycles. The van der Waals surface area contributed by atoms with Crippen LogP contribution < -0.4 is 5.32 Å². The van der Waals surface area contributed by atoms with Crippen LogP contribution in [0.3, 0.4) is 0 Å². The summed E-state index contributed by atoms with van der Waals surface area (Å²) in [6, 6.07) is 3.84. The predicted octanol–water partition coefficient (Wildman–Crippen LogP) is 1.81. The SMILES string of the molecule is Cc1cccnc1[C@@H](O)CNC(C)(C)C. The molecule has 2 N–H and O–H groups in total. The van der Waals surface area contributed by atoms with Crippen LogP contribution in [0.15, 0.2) is 18.3 Å². The molecule has 0 saturated heterocycles. The van der Waals surface area contributed by atoms with Gasteiger partial charge in [-0.15, -0.1) is 0 Å². The van der Waals surface area contributed by atoms with Gasteiger partial charge in [-0.2, -0.15) is 0 Å². The molecule has 1 heterocycles. The molecule has 84 valence electrons. The monoisotopic (exact) mass is 208 g/mol. The smallest absolute Gasteiger partial charge is 0.109 e. The van der Waals surface area contributed by atoms with E-state index in [1.165, 1.54) is 0 Å². The van der Waals surface area contributed by atoms with Gasteiger partial charge in [-0.05, 0) is 39.3 Å². The third-order valence-electron chi connectivity index (χ3n) is 2.19. The Bertz CT molecular complexity index is 318. The summed E-state index contributed by atoms with van der Waals surface area (Å²) in [7, 11) is 0. The highest BCUT2D eigenvalue weighted by atomic mass is 16.3. The highest BCUT2D eigenvalue weighted by molar-refractivity contribution is 5.20. The lowest BCUT2D eigenvalue weighted by Gasteiger charge is -2.23. The zero-order chi connectivity index (χ0) is 11.5. The van der Waals surface area contributed by atoms with Gasteiger partial charge in [-0.1, -0.05) is 6.07 Å². The molecule has 3 heteroatoms. The molecule has 1 aromatic rings. The molecule has 0 aliphatic heterocycles. The number of aliphatic hydroxyl groups excluding tert-OH is 1. The van der Waals surface area contributed by atoms with Crippen LogP contribution in [0.1, 0.15) is 38.1 Å². The van der Waals surface area contributed by atoms with E-state index in [-0.39, 0.29) is 5.54 Å². The van der Waals surface area contributed by atoms with Crippen molar-refractivity contribution in [3.05, 3.63) is 29.6 Å². The number of nitrogens with zero attached hydrogens (tertiary/aromatic N) is 1. The maximum Gasteiger partial charge on any atom is 0.109 e. The van der Waals surface area contributed by atoms with E-state index in [9.17, 15) is 5.11 Å². The highest BCUT2D eigenvalue weighted by Crippen LogP contribution is 2.14. The molecule has 3 nitrogen and oxygen atoms in total. The summed E-state index contributed by atoms with van der Waals surface area (Å²) in [5.41, 5.74) is 1.80. The lowest BCUT2D eigenvalue weighted by molar-refractivity contribution is 0.158. The van der Waals surface area contributed by atoms with E-state index in [0.717, 1.165) is 11.3 Å². The quantitative estimate of drug-likeness (QED) is 0.796. The molecule has 0 saturated carbocycles. The van der Waals surface area contributed by atoms with Gasteiger partial charge in [0.05, 0.1) is 5.69 Å². The summed E-state index contributed by atoms with van der Waals surface area (Å²) >= 11 is 0. The van der Waals surface area contributed by atoms with E-state index in [2.05, 4.69) is 31.1 Å². The highest BCUT2D eigenvalue weighted by Gasteiger charge is 2.15. The molecular formula is C12H20N2O. The summed E-state index contributed by atoms with van der Waals surface area (Å²) in [5, 5.41) is 13.2. The fraction of sp³-hybridized carbons (Fsp3) is 0.583. The van der Waals surface area contributed by atoms with Crippen molar-refractivity contribution in [2.45, 2.75) is 39.3 Å². The maximum absolute atomic E-state index is 9.94. The van der Waals surface area contributed by atoms with Gasteiger partial charge in [0.25, 0.3) is 0 Å². The summed E-state index contributed by atoms with van der Waals surface area (Å²) in [4.78, 5) is 4.19. The second-order valence-corrected chi connectivity index (χ2v) is 4.85. The van der Waals surface area contributed by atoms with Crippen LogP contribution in [0.2, 0.25) is 0 Å². The van der Waals surface area contributed by atoms with Gasteiger partial charge in [0.2, 0.25) is 0 Å². The molecular weight excluding hydrogens is 188 g/mol. The van der Waals surface area contributed by atoms with E-state index in [1.807, 2.05) is 19.1 Å². The van der Waals surface area contributed by atoms with Crippen LogP contribution in [-0.2, 0) is 0 Å². The Balaban J connectivity index is 2.62. The Labute approximate surface area is 91.5 Å². The van der Waals surface area contributed by atoms with Crippen molar-refractivity contribution in [3.63, 3.8) is 0 Å². The normalized spacial score (nSPS) is 13.9. The van der Waals surface area contributed by atoms with Gasteiger partial charge < -0.3 is 10.4 Å². The molecule has 1 atom stereocenters. The zero-order valence-corrected chi connectivity index (χ0v) is 9.91. The van der Waals surface area contributed by atoms with Gasteiger partial charge in [0.1, 0.15) is 6.10 Å². The minimum absolute atomic E-state index is 0.0175. The molecule has 0 bridgehead atoms. The van der Waals surface area contributed by atoms with Gasteiger partial charge in [-0.3, -0.25) is 4.98 Å². The van der Waals surface area contributed by atoms with E-state index < -0.39 is 6.10 Å². The Morgan fingerprint density at radius 1 is 1.47 bits per heavy atom. The first-order valence-electron chi connectivity index (χ1n) is 5.25. The van der Waals surface area contributed by atoms with Crippen LogP contribution in [0.4, 0.5) is 0 Å². The van der Waals surface area contributed by atoms with E-state index in [0.29, 0.717) is 6.54 Å². The molecule has 0 fully saturated rings. The van der Waals surface area contributed by atoms with Crippen molar-refractivity contribution >= 4 is 0 Å². The molecule has 0 spiro atoms. The topological polar surface area (TPSA) is 45.2 Å². The molecule has 0 unspecified atom stereocenters. The average Bonchev–Trinajstić information content (AvgIpc) is 2.14. The fourth-order valence-electron chi connectivity index (χ4n) is 1.35. The number of aryl methyl sites for hydroxylation is 1. The number of aliphatic hydroxyl groups is 1. The first kappa shape index (κ1) is 12.1. The Hall–Kier alpha value is -0.930. The lowest BCUT2D eigenvalue weighted by atomic mass is 10.1. The molecule has 1 rings (SSSR count). The Morgan fingerprint density at radius 3 is 2.67 bits per heavy atom. The van der Waals surface area contributed by atoms with Crippen molar-refractivity contribution < 1.29 is 5.11 Å².